The lowest BCUT2D eigenvalue weighted by Crippen LogP contribution is -2.25. The van der Waals surface area contributed by atoms with Gasteiger partial charge in [-0.15, -0.1) is 5.10 Å². The van der Waals surface area contributed by atoms with E-state index in [9.17, 15) is 4.79 Å². The molecule has 21 heavy (non-hydrogen) atoms. The average Bonchev–Trinajstić information content (AvgIpc) is 3.12. The van der Waals surface area contributed by atoms with E-state index in [2.05, 4.69) is 40.0 Å². The zero-order valence-corrected chi connectivity index (χ0v) is 12.8. The monoisotopic (exact) mass is 295 g/mol. The minimum Gasteiger partial charge on any atom is -0.407 e. The molecular formula is C14H25N5O2. The Morgan fingerprint density at radius 1 is 1.38 bits per heavy atom. The molecule has 0 saturated heterocycles. The number of hydrogen-bond donors (Lipinski definition) is 3. The van der Waals surface area contributed by atoms with Gasteiger partial charge >= 0.3 is 6.01 Å². The normalized spacial score (nSPS) is 14.4. The topological polar surface area (TPSA) is 92.1 Å². The van der Waals surface area contributed by atoms with Gasteiger partial charge in [0.1, 0.15) is 0 Å². The van der Waals surface area contributed by atoms with Crippen molar-refractivity contribution >= 4 is 11.9 Å². The first-order chi connectivity index (χ1) is 10.1. The second-order valence-electron chi connectivity index (χ2n) is 5.90. The summed E-state index contributed by atoms with van der Waals surface area (Å²) < 4.78 is 5.45. The number of carbonyl (C=O) groups excluding carboxylic acids is 1. The van der Waals surface area contributed by atoms with Crippen LogP contribution in [0.5, 0.6) is 0 Å². The van der Waals surface area contributed by atoms with Crippen LogP contribution in [0.25, 0.3) is 0 Å². The first kappa shape index (κ1) is 15.8. The number of hydrogen-bond acceptors (Lipinski definition) is 6. The number of aromatic nitrogens is 2. The molecule has 1 aromatic rings. The van der Waals surface area contributed by atoms with E-state index in [0.717, 1.165) is 25.8 Å². The highest BCUT2D eigenvalue weighted by atomic mass is 16.4. The third-order valence-electron chi connectivity index (χ3n) is 3.09. The molecule has 0 spiro atoms. The molecular weight excluding hydrogens is 270 g/mol. The summed E-state index contributed by atoms with van der Waals surface area (Å²) in [6, 6.07) is 0.848. The predicted molar refractivity (Wildman–Crippen MR) is 79.7 cm³/mol. The number of nitrogens with one attached hydrogen (secondary N) is 3. The van der Waals surface area contributed by atoms with Crippen LogP contribution in [-0.4, -0.2) is 35.2 Å². The molecule has 0 aromatic carbocycles. The Morgan fingerprint density at radius 3 is 2.90 bits per heavy atom. The smallest absolute Gasteiger partial charge is 0.315 e. The van der Waals surface area contributed by atoms with Crippen molar-refractivity contribution in [2.75, 3.05) is 18.4 Å². The highest BCUT2D eigenvalue weighted by Crippen LogP contribution is 2.18. The Bertz CT molecular complexity index is 442. The molecule has 118 valence electrons. The van der Waals surface area contributed by atoms with E-state index >= 15 is 0 Å². The number of carbonyl (C=O) groups is 1. The van der Waals surface area contributed by atoms with Crippen molar-refractivity contribution in [3.05, 3.63) is 5.89 Å². The van der Waals surface area contributed by atoms with Crippen molar-refractivity contribution in [2.24, 2.45) is 5.92 Å². The van der Waals surface area contributed by atoms with Crippen LogP contribution in [0.15, 0.2) is 4.42 Å². The largest absolute Gasteiger partial charge is 0.407 e. The number of nitrogens with zero attached hydrogens (tertiary/aromatic N) is 2. The van der Waals surface area contributed by atoms with E-state index in [-0.39, 0.29) is 5.91 Å². The van der Waals surface area contributed by atoms with Crippen LogP contribution >= 0.6 is 0 Å². The quantitative estimate of drug-likeness (QED) is 0.563. The lowest BCUT2D eigenvalue weighted by molar-refractivity contribution is -0.121. The van der Waals surface area contributed by atoms with Gasteiger partial charge in [-0.2, -0.15) is 0 Å². The summed E-state index contributed by atoms with van der Waals surface area (Å²) in [5.74, 6) is 1.29. The maximum absolute atomic E-state index is 11.5. The lowest BCUT2D eigenvalue weighted by atomic mass is 10.2. The van der Waals surface area contributed by atoms with Crippen molar-refractivity contribution in [1.82, 2.24) is 20.8 Å². The van der Waals surface area contributed by atoms with Crippen molar-refractivity contribution in [1.29, 1.82) is 0 Å². The summed E-state index contributed by atoms with van der Waals surface area (Å²) >= 11 is 0. The highest BCUT2D eigenvalue weighted by molar-refractivity contribution is 5.76. The fourth-order valence-electron chi connectivity index (χ4n) is 1.84. The van der Waals surface area contributed by atoms with E-state index in [4.69, 9.17) is 4.42 Å². The fourth-order valence-corrected chi connectivity index (χ4v) is 1.84. The molecule has 1 amide bonds. The average molecular weight is 295 g/mol. The van der Waals surface area contributed by atoms with Gasteiger partial charge in [0.2, 0.25) is 11.8 Å². The van der Waals surface area contributed by atoms with Gasteiger partial charge in [-0.3, -0.25) is 4.79 Å². The van der Waals surface area contributed by atoms with Crippen LogP contribution in [0.4, 0.5) is 6.01 Å². The van der Waals surface area contributed by atoms with Gasteiger partial charge in [-0.1, -0.05) is 18.9 Å². The Hall–Kier alpha value is -1.63. The Kier molecular flexibility index (Phi) is 5.98. The van der Waals surface area contributed by atoms with Gasteiger partial charge in [0.25, 0.3) is 0 Å². The molecule has 1 aliphatic carbocycles. The van der Waals surface area contributed by atoms with Gasteiger partial charge in [-0.25, -0.2) is 0 Å². The first-order valence-corrected chi connectivity index (χ1v) is 7.70. The SMILES string of the molecule is CC(C)CNCc1nnc(NCCCC(=O)NC2CC2)o1. The third-order valence-corrected chi connectivity index (χ3v) is 3.09. The fraction of sp³-hybridized carbons (Fsp3) is 0.786. The zero-order valence-electron chi connectivity index (χ0n) is 12.8. The molecule has 0 bridgehead atoms. The molecule has 1 aliphatic rings. The van der Waals surface area contributed by atoms with Crippen LogP contribution in [0.3, 0.4) is 0 Å². The molecule has 0 radical (unpaired) electrons. The standard InChI is InChI=1S/C14H25N5O2/c1-10(2)8-15-9-13-18-19-14(21-13)16-7-3-4-12(20)17-11-5-6-11/h10-11,15H,3-9H2,1-2H3,(H,16,19)(H,17,20). The highest BCUT2D eigenvalue weighted by Gasteiger charge is 2.22. The summed E-state index contributed by atoms with van der Waals surface area (Å²) in [6.45, 7) is 6.44. The molecule has 1 fully saturated rings. The lowest BCUT2D eigenvalue weighted by Gasteiger charge is -2.04. The second-order valence-corrected chi connectivity index (χ2v) is 5.90. The Balaban J connectivity index is 1.55. The molecule has 1 saturated carbocycles. The van der Waals surface area contributed by atoms with Gasteiger partial charge in [0, 0.05) is 19.0 Å². The number of anilines is 1. The molecule has 7 nitrogen and oxygen atoms in total. The summed E-state index contributed by atoms with van der Waals surface area (Å²) in [6.07, 6.45) is 3.53. The Morgan fingerprint density at radius 2 is 2.19 bits per heavy atom. The van der Waals surface area contributed by atoms with Crippen molar-refractivity contribution in [2.45, 2.75) is 52.1 Å². The molecule has 0 aliphatic heterocycles. The van der Waals surface area contributed by atoms with Crippen LogP contribution in [0.1, 0.15) is 45.4 Å². The summed E-state index contributed by atoms with van der Waals surface area (Å²) in [5, 5.41) is 17.1. The van der Waals surface area contributed by atoms with Gasteiger partial charge in [0.05, 0.1) is 6.54 Å². The summed E-state index contributed by atoms with van der Waals surface area (Å²) in [4.78, 5) is 11.5. The summed E-state index contributed by atoms with van der Waals surface area (Å²) in [5.41, 5.74) is 0. The van der Waals surface area contributed by atoms with E-state index < -0.39 is 0 Å². The minimum atomic E-state index is 0.128. The van der Waals surface area contributed by atoms with Gasteiger partial charge in [-0.05, 0) is 31.7 Å². The number of amides is 1. The minimum absolute atomic E-state index is 0.128. The molecule has 3 N–H and O–H groups in total. The van der Waals surface area contributed by atoms with Crippen molar-refractivity contribution in [3.8, 4) is 0 Å². The van der Waals surface area contributed by atoms with E-state index in [1.165, 1.54) is 0 Å². The maximum atomic E-state index is 11.5. The van der Waals surface area contributed by atoms with Crippen LogP contribution in [-0.2, 0) is 11.3 Å². The molecule has 0 unspecified atom stereocenters. The summed E-state index contributed by atoms with van der Waals surface area (Å²) in [7, 11) is 0. The van der Waals surface area contributed by atoms with Crippen LogP contribution in [0, 0.1) is 5.92 Å². The molecule has 0 atom stereocenters. The van der Waals surface area contributed by atoms with Gasteiger partial charge < -0.3 is 20.4 Å². The molecule has 1 aromatic heterocycles. The van der Waals surface area contributed by atoms with E-state index in [1.54, 1.807) is 0 Å². The molecule has 2 rings (SSSR count). The first-order valence-electron chi connectivity index (χ1n) is 7.70. The molecule has 7 heteroatoms. The third kappa shape index (κ3) is 6.57. The Labute approximate surface area is 125 Å². The van der Waals surface area contributed by atoms with E-state index in [0.29, 0.717) is 43.4 Å². The maximum Gasteiger partial charge on any atom is 0.315 e. The van der Waals surface area contributed by atoms with Gasteiger partial charge in [0.15, 0.2) is 0 Å². The van der Waals surface area contributed by atoms with Crippen molar-refractivity contribution in [3.63, 3.8) is 0 Å². The van der Waals surface area contributed by atoms with Crippen LogP contribution < -0.4 is 16.0 Å². The predicted octanol–water partition coefficient (Wildman–Crippen LogP) is 1.29. The number of rotatable bonds is 10. The van der Waals surface area contributed by atoms with Crippen molar-refractivity contribution < 1.29 is 9.21 Å². The van der Waals surface area contributed by atoms with E-state index in [1.807, 2.05) is 0 Å². The van der Waals surface area contributed by atoms with Crippen LogP contribution in [0.2, 0.25) is 0 Å². The zero-order chi connectivity index (χ0) is 15.1. The molecule has 1 heterocycles. The second kappa shape index (κ2) is 7.97.